The maximum atomic E-state index is 12.3. The van der Waals surface area contributed by atoms with E-state index in [0.29, 0.717) is 17.8 Å². The quantitative estimate of drug-likeness (QED) is 0.753. The summed E-state index contributed by atoms with van der Waals surface area (Å²) in [6.45, 7) is 3.69. The van der Waals surface area contributed by atoms with E-state index in [1.807, 2.05) is 16.0 Å². The smallest absolute Gasteiger partial charge is 0.256 e. The van der Waals surface area contributed by atoms with Crippen LogP contribution in [-0.4, -0.2) is 38.1 Å². The molecule has 6 heteroatoms. The Morgan fingerprint density at radius 2 is 2.24 bits per heavy atom. The van der Waals surface area contributed by atoms with Gasteiger partial charge >= 0.3 is 0 Å². The molecule has 1 amide bonds. The highest BCUT2D eigenvalue weighted by atomic mass is 32.1. The van der Waals surface area contributed by atoms with E-state index in [9.17, 15) is 9.90 Å². The first-order chi connectivity index (χ1) is 9.87. The highest BCUT2D eigenvalue weighted by Crippen LogP contribution is 2.29. The molecule has 0 aromatic carbocycles. The summed E-state index contributed by atoms with van der Waals surface area (Å²) < 4.78 is 1.91. The fourth-order valence-electron chi connectivity index (χ4n) is 2.17. The number of aromatic nitrogens is 2. The summed E-state index contributed by atoms with van der Waals surface area (Å²) in [4.78, 5) is 18.3. The van der Waals surface area contributed by atoms with Gasteiger partial charge in [0, 0.05) is 7.05 Å². The second kappa shape index (κ2) is 4.72. The molecule has 0 fully saturated rings. The highest BCUT2D eigenvalue weighted by Gasteiger charge is 2.26. The van der Waals surface area contributed by atoms with Crippen molar-refractivity contribution >= 4 is 17.2 Å². The van der Waals surface area contributed by atoms with Gasteiger partial charge in [0.25, 0.3) is 5.91 Å². The van der Waals surface area contributed by atoms with Gasteiger partial charge in [-0.15, -0.1) is 11.3 Å². The molecule has 3 heterocycles. The number of amides is 1. The van der Waals surface area contributed by atoms with Crippen LogP contribution in [0.5, 0.6) is 0 Å². The van der Waals surface area contributed by atoms with Crippen molar-refractivity contribution in [2.24, 2.45) is 0 Å². The molecule has 3 rings (SSSR count). The van der Waals surface area contributed by atoms with Crippen LogP contribution in [0.3, 0.4) is 0 Å². The number of aliphatic hydroxyl groups is 1. The highest BCUT2D eigenvalue weighted by molar-refractivity contribution is 7.13. The second-order valence-corrected chi connectivity index (χ2v) is 6.41. The van der Waals surface area contributed by atoms with Crippen LogP contribution in [0.2, 0.25) is 0 Å². The number of carbonyl (C=O) groups is 1. The fourth-order valence-corrected chi connectivity index (χ4v) is 3.06. The van der Waals surface area contributed by atoms with Gasteiger partial charge in [0.15, 0.2) is 0 Å². The van der Waals surface area contributed by atoms with E-state index < -0.39 is 5.60 Å². The second-order valence-electron chi connectivity index (χ2n) is 5.52. The van der Waals surface area contributed by atoms with Crippen LogP contribution < -0.4 is 0 Å². The zero-order chi connectivity index (χ0) is 15.2. The number of nitrogens with zero attached hydrogens (tertiary/aromatic N) is 3. The number of rotatable bonds is 0. The number of carbonyl (C=O) groups excluding carboxylic acids is 1. The maximum Gasteiger partial charge on any atom is 0.256 e. The monoisotopic (exact) mass is 301 g/mol. The molecule has 0 spiro atoms. The molecule has 5 nitrogen and oxygen atoms in total. The van der Waals surface area contributed by atoms with Crippen LogP contribution in [-0.2, 0) is 6.54 Å². The van der Waals surface area contributed by atoms with Crippen LogP contribution in [0.25, 0.3) is 5.00 Å². The van der Waals surface area contributed by atoms with Crippen LogP contribution in [0.4, 0.5) is 0 Å². The Balaban J connectivity index is 2.14. The predicted molar refractivity (Wildman–Crippen MR) is 80.4 cm³/mol. The van der Waals surface area contributed by atoms with Crippen LogP contribution in [0.15, 0.2) is 17.8 Å². The minimum atomic E-state index is -1.07. The average Bonchev–Trinajstić information content (AvgIpc) is 2.98. The van der Waals surface area contributed by atoms with Crippen molar-refractivity contribution in [1.82, 2.24) is 14.5 Å². The normalized spacial score (nSPS) is 14.1. The lowest BCUT2D eigenvalue weighted by Gasteiger charge is -2.13. The zero-order valence-electron chi connectivity index (χ0n) is 12.0. The molecule has 21 heavy (non-hydrogen) atoms. The van der Waals surface area contributed by atoms with Crippen molar-refractivity contribution in [2.45, 2.75) is 26.0 Å². The lowest BCUT2D eigenvalue weighted by Crippen LogP contribution is -2.25. The van der Waals surface area contributed by atoms with E-state index in [2.05, 4.69) is 16.8 Å². The van der Waals surface area contributed by atoms with Gasteiger partial charge in [-0.25, -0.2) is 4.98 Å². The summed E-state index contributed by atoms with van der Waals surface area (Å²) in [7, 11) is 1.76. The van der Waals surface area contributed by atoms with E-state index in [1.54, 1.807) is 32.1 Å². The molecule has 0 unspecified atom stereocenters. The molecule has 0 saturated heterocycles. The molecular formula is C15H15N3O2S. The summed E-state index contributed by atoms with van der Waals surface area (Å²) in [5.41, 5.74) is 1.07. The summed E-state index contributed by atoms with van der Waals surface area (Å²) in [5, 5.41) is 12.5. The van der Waals surface area contributed by atoms with Crippen LogP contribution in [0.1, 0.15) is 35.6 Å². The number of thiophene rings is 1. The molecule has 1 aliphatic rings. The minimum absolute atomic E-state index is 0.00338. The molecule has 2 aromatic heterocycles. The van der Waals surface area contributed by atoms with Crippen molar-refractivity contribution in [3.05, 3.63) is 34.7 Å². The Bertz CT molecular complexity index is 771. The van der Waals surface area contributed by atoms with Crippen molar-refractivity contribution in [3.8, 4) is 16.8 Å². The van der Waals surface area contributed by atoms with Gasteiger partial charge in [0.2, 0.25) is 0 Å². The average molecular weight is 301 g/mol. The first kappa shape index (κ1) is 13.9. The molecule has 2 aromatic rings. The standard InChI is InChI=1S/C15H15N3O2S/c1-15(2,20)6-4-11-12-8-17(3)13(19)10-5-7-21-14(10)18(12)9-16-11/h5,7,9,20H,8H2,1-3H3. The Morgan fingerprint density at radius 3 is 2.95 bits per heavy atom. The lowest BCUT2D eigenvalue weighted by molar-refractivity contribution is 0.0788. The van der Waals surface area contributed by atoms with E-state index in [1.165, 1.54) is 11.3 Å². The third kappa shape index (κ3) is 2.46. The van der Waals surface area contributed by atoms with Gasteiger partial charge in [-0.2, -0.15) is 0 Å². The Kier molecular flexibility index (Phi) is 3.12. The Labute approximate surface area is 126 Å². The molecule has 108 valence electrons. The minimum Gasteiger partial charge on any atom is -0.378 e. The van der Waals surface area contributed by atoms with Crippen LogP contribution >= 0.6 is 11.3 Å². The van der Waals surface area contributed by atoms with Crippen molar-refractivity contribution in [1.29, 1.82) is 0 Å². The largest absolute Gasteiger partial charge is 0.378 e. The first-order valence-electron chi connectivity index (χ1n) is 6.52. The molecule has 1 aliphatic heterocycles. The van der Waals surface area contributed by atoms with E-state index in [-0.39, 0.29) is 5.91 Å². The van der Waals surface area contributed by atoms with Gasteiger partial charge in [-0.05, 0) is 31.2 Å². The van der Waals surface area contributed by atoms with Gasteiger partial charge in [-0.3, -0.25) is 9.36 Å². The number of hydrogen-bond donors (Lipinski definition) is 1. The molecule has 0 saturated carbocycles. The van der Waals surface area contributed by atoms with E-state index in [4.69, 9.17) is 0 Å². The predicted octanol–water partition coefficient (Wildman–Crippen LogP) is 1.64. The molecule has 1 N–H and O–H groups in total. The van der Waals surface area contributed by atoms with Crippen molar-refractivity contribution in [3.63, 3.8) is 0 Å². The van der Waals surface area contributed by atoms with Gasteiger partial charge in [0.05, 0.1) is 17.8 Å². The number of hydrogen-bond acceptors (Lipinski definition) is 4. The topological polar surface area (TPSA) is 58.4 Å². The van der Waals surface area contributed by atoms with E-state index in [0.717, 1.165) is 10.7 Å². The maximum absolute atomic E-state index is 12.3. The molecule has 0 aliphatic carbocycles. The summed E-state index contributed by atoms with van der Waals surface area (Å²) in [6.07, 6.45) is 1.69. The number of imidazole rings is 1. The van der Waals surface area contributed by atoms with Gasteiger partial charge in [0.1, 0.15) is 22.6 Å². The summed E-state index contributed by atoms with van der Waals surface area (Å²) in [6, 6.07) is 1.83. The molecule has 0 radical (unpaired) electrons. The Morgan fingerprint density at radius 1 is 1.48 bits per heavy atom. The molecule has 0 bridgehead atoms. The lowest BCUT2D eigenvalue weighted by atomic mass is 10.1. The number of fused-ring (bicyclic) bond motifs is 3. The third-order valence-corrected chi connectivity index (χ3v) is 4.09. The molecular weight excluding hydrogens is 286 g/mol. The first-order valence-corrected chi connectivity index (χ1v) is 7.40. The van der Waals surface area contributed by atoms with E-state index >= 15 is 0 Å². The SMILES string of the molecule is CN1Cc2c(C#CC(C)(C)O)ncn2-c2sccc2C1=O. The summed E-state index contributed by atoms with van der Waals surface area (Å²) in [5.74, 6) is 5.68. The molecule has 0 atom stereocenters. The third-order valence-electron chi connectivity index (χ3n) is 3.18. The fraction of sp³-hybridized carbons (Fsp3) is 0.333. The Hall–Kier alpha value is -2.10. The van der Waals surface area contributed by atoms with Crippen LogP contribution in [0, 0.1) is 11.8 Å². The van der Waals surface area contributed by atoms with Crippen molar-refractivity contribution in [2.75, 3.05) is 7.05 Å². The zero-order valence-corrected chi connectivity index (χ0v) is 12.9. The van der Waals surface area contributed by atoms with Crippen molar-refractivity contribution < 1.29 is 9.90 Å². The summed E-state index contributed by atoms with van der Waals surface area (Å²) >= 11 is 1.50. The van der Waals surface area contributed by atoms with Gasteiger partial charge in [-0.1, -0.05) is 5.92 Å². The van der Waals surface area contributed by atoms with Gasteiger partial charge < -0.3 is 10.0 Å².